The number of β-amino-alcohol motifs (C(OH)–C–C–N with tert-alkyl or cyclic N) is 1. The van der Waals surface area contributed by atoms with Crippen molar-refractivity contribution < 1.29 is 24.5 Å². The minimum atomic E-state index is -0.967. The van der Waals surface area contributed by atoms with Crippen LogP contribution in [0.1, 0.15) is 11.7 Å². The molecule has 1 aliphatic heterocycles. The lowest BCUT2D eigenvalue weighted by atomic mass is 10.1. The van der Waals surface area contributed by atoms with Crippen molar-refractivity contribution >= 4 is 5.97 Å². The van der Waals surface area contributed by atoms with E-state index in [4.69, 9.17) is 14.6 Å². The quantitative estimate of drug-likeness (QED) is 0.819. The first-order chi connectivity index (χ1) is 9.60. The van der Waals surface area contributed by atoms with Crippen LogP contribution in [0, 0.1) is 0 Å². The van der Waals surface area contributed by atoms with Crippen LogP contribution in [-0.2, 0) is 9.53 Å². The first-order valence-electron chi connectivity index (χ1n) is 6.49. The zero-order valence-corrected chi connectivity index (χ0v) is 11.4. The topological polar surface area (TPSA) is 79.2 Å². The first kappa shape index (κ1) is 14.8. The van der Waals surface area contributed by atoms with Crippen LogP contribution in [0.15, 0.2) is 24.3 Å². The summed E-state index contributed by atoms with van der Waals surface area (Å²) >= 11 is 0. The Morgan fingerprint density at radius 2 is 2.40 bits per heavy atom. The predicted molar refractivity (Wildman–Crippen MR) is 71.8 cm³/mol. The van der Waals surface area contributed by atoms with Crippen LogP contribution in [-0.4, -0.2) is 60.5 Å². The summed E-state index contributed by atoms with van der Waals surface area (Å²) in [6.45, 7) is 1.64. The molecule has 1 aromatic rings. The molecule has 0 amide bonds. The van der Waals surface area contributed by atoms with E-state index in [9.17, 15) is 9.90 Å². The standard InChI is InChI=1S/C14H19NO5/c1-19-11-4-2-3-10(7-11)12(16)8-15-5-6-20-13(9-15)14(17)18/h2-4,7,12-13,16H,5-6,8-9H2,1H3,(H,17,18). The minimum Gasteiger partial charge on any atom is -0.497 e. The molecule has 2 N–H and O–H groups in total. The Balaban J connectivity index is 1.96. The van der Waals surface area contributed by atoms with E-state index in [-0.39, 0.29) is 6.54 Å². The maximum atomic E-state index is 10.9. The average Bonchev–Trinajstić information content (AvgIpc) is 2.47. The van der Waals surface area contributed by atoms with Crippen molar-refractivity contribution in [3.8, 4) is 5.75 Å². The molecule has 2 atom stereocenters. The van der Waals surface area contributed by atoms with Crippen LogP contribution in [0.3, 0.4) is 0 Å². The van der Waals surface area contributed by atoms with Crippen LogP contribution in [0.25, 0.3) is 0 Å². The molecule has 0 radical (unpaired) electrons. The molecule has 6 nitrogen and oxygen atoms in total. The van der Waals surface area contributed by atoms with Crippen LogP contribution in [0.5, 0.6) is 5.75 Å². The van der Waals surface area contributed by atoms with Crippen LogP contribution in [0.2, 0.25) is 0 Å². The SMILES string of the molecule is COc1cccc(C(O)CN2CCOC(C(=O)O)C2)c1. The Hall–Kier alpha value is -1.63. The summed E-state index contributed by atoms with van der Waals surface area (Å²) in [6, 6.07) is 7.23. The van der Waals surface area contributed by atoms with Gasteiger partial charge in [0.25, 0.3) is 0 Å². The Kier molecular flexibility index (Phi) is 4.94. The molecule has 6 heteroatoms. The van der Waals surface area contributed by atoms with Gasteiger partial charge in [-0.3, -0.25) is 4.90 Å². The van der Waals surface area contributed by atoms with Crippen LogP contribution in [0.4, 0.5) is 0 Å². The summed E-state index contributed by atoms with van der Waals surface area (Å²) in [5, 5.41) is 19.2. The van der Waals surface area contributed by atoms with Gasteiger partial charge >= 0.3 is 5.97 Å². The number of ether oxygens (including phenoxy) is 2. The van der Waals surface area contributed by atoms with Gasteiger partial charge in [-0.05, 0) is 17.7 Å². The third-order valence-corrected chi connectivity index (χ3v) is 3.34. The number of nitrogens with zero attached hydrogens (tertiary/aromatic N) is 1. The van der Waals surface area contributed by atoms with Gasteiger partial charge in [-0.15, -0.1) is 0 Å². The number of carboxylic acid groups (broad SMARTS) is 1. The molecule has 0 bridgehead atoms. The summed E-state index contributed by atoms with van der Waals surface area (Å²) in [6.07, 6.45) is -1.50. The van der Waals surface area contributed by atoms with Gasteiger partial charge in [0.05, 0.1) is 19.8 Å². The largest absolute Gasteiger partial charge is 0.497 e. The van der Waals surface area contributed by atoms with Crippen molar-refractivity contribution in [2.45, 2.75) is 12.2 Å². The second-order valence-corrected chi connectivity index (χ2v) is 4.75. The molecular formula is C14H19NO5. The number of aliphatic hydroxyl groups is 1. The normalized spacial score (nSPS) is 21.4. The smallest absolute Gasteiger partial charge is 0.334 e. The maximum absolute atomic E-state index is 10.9. The Morgan fingerprint density at radius 1 is 1.60 bits per heavy atom. The first-order valence-corrected chi connectivity index (χ1v) is 6.49. The number of aliphatic carboxylic acids is 1. The van der Waals surface area contributed by atoms with Crippen molar-refractivity contribution in [3.63, 3.8) is 0 Å². The van der Waals surface area contributed by atoms with Gasteiger partial charge in [0, 0.05) is 19.6 Å². The molecule has 20 heavy (non-hydrogen) atoms. The van der Waals surface area contributed by atoms with Crippen LogP contribution < -0.4 is 4.74 Å². The van der Waals surface area contributed by atoms with Gasteiger partial charge in [0.15, 0.2) is 6.10 Å². The van der Waals surface area contributed by atoms with E-state index in [2.05, 4.69) is 0 Å². The lowest BCUT2D eigenvalue weighted by Crippen LogP contribution is -2.47. The summed E-state index contributed by atoms with van der Waals surface area (Å²) in [7, 11) is 1.57. The van der Waals surface area contributed by atoms with E-state index in [1.165, 1.54) is 0 Å². The second kappa shape index (κ2) is 6.69. The fraction of sp³-hybridized carbons (Fsp3) is 0.500. The summed E-state index contributed by atoms with van der Waals surface area (Å²) in [5.41, 5.74) is 0.753. The number of hydrogen-bond acceptors (Lipinski definition) is 5. The molecule has 2 unspecified atom stereocenters. The Labute approximate surface area is 117 Å². The molecule has 1 heterocycles. The molecule has 1 aliphatic rings. The highest BCUT2D eigenvalue weighted by Gasteiger charge is 2.27. The summed E-state index contributed by atoms with van der Waals surface area (Å²) in [5.74, 6) is -0.280. The number of aliphatic hydroxyl groups excluding tert-OH is 1. The van der Waals surface area contributed by atoms with Crippen molar-refractivity contribution in [2.24, 2.45) is 0 Å². The summed E-state index contributed by atoms with van der Waals surface area (Å²) < 4.78 is 10.3. The Morgan fingerprint density at radius 3 is 3.10 bits per heavy atom. The van der Waals surface area contributed by atoms with E-state index in [0.29, 0.717) is 25.4 Å². The highest BCUT2D eigenvalue weighted by Crippen LogP contribution is 2.20. The lowest BCUT2D eigenvalue weighted by Gasteiger charge is -2.32. The fourth-order valence-corrected chi connectivity index (χ4v) is 2.22. The minimum absolute atomic E-state index is 0.288. The van der Waals surface area contributed by atoms with Crippen molar-refractivity contribution in [2.75, 3.05) is 33.4 Å². The summed E-state index contributed by atoms with van der Waals surface area (Å²) in [4.78, 5) is 12.8. The molecule has 0 aromatic heterocycles. The number of rotatable bonds is 5. The van der Waals surface area contributed by atoms with Crippen molar-refractivity contribution in [1.29, 1.82) is 0 Å². The van der Waals surface area contributed by atoms with E-state index >= 15 is 0 Å². The highest BCUT2D eigenvalue weighted by atomic mass is 16.5. The van der Waals surface area contributed by atoms with Crippen molar-refractivity contribution in [1.82, 2.24) is 4.90 Å². The Bertz CT molecular complexity index is 465. The zero-order valence-electron chi connectivity index (χ0n) is 11.4. The molecule has 1 aromatic carbocycles. The van der Waals surface area contributed by atoms with Gasteiger partial charge in [-0.25, -0.2) is 4.79 Å². The van der Waals surface area contributed by atoms with Gasteiger partial charge in [0.2, 0.25) is 0 Å². The number of carbonyl (C=O) groups is 1. The maximum Gasteiger partial charge on any atom is 0.334 e. The molecule has 2 rings (SSSR count). The molecule has 0 saturated carbocycles. The van der Waals surface area contributed by atoms with Gasteiger partial charge in [-0.2, -0.15) is 0 Å². The molecule has 110 valence electrons. The molecule has 1 fully saturated rings. The molecular weight excluding hydrogens is 262 g/mol. The average molecular weight is 281 g/mol. The number of carboxylic acids is 1. The molecule has 0 aliphatic carbocycles. The highest BCUT2D eigenvalue weighted by molar-refractivity contribution is 5.72. The lowest BCUT2D eigenvalue weighted by molar-refractivity contribution is -0.156. The molecule has 1 saturated heterocycles. The van der Waals surface area contributed by atoms with E-state index in [0.717, 1.165) is 5.56 Å². The van der Waals surface area contributed by atoms with E-state index in [1.807, 2.05) is 23.1 Å². The van der Waals surface area contributed by atoms with E-state index in [1.54, 1.807) is 13.2 Å². The number of methoxy groups -OCH3 is 1. The van der Waals surface area contributed by atoms with Gasteiger partial charge in [-0.1, -0.05) is 12.1 Å². The zero-order chi connectivity index (χ0) is 14.5. The third-order valence-electron chi connectivity index (χ3n) is 3.34. The van der Waals surface area contributed by atoms with Crippen LogP contribution >= 0.6 is 0 Å². The monoisotopic (exact) mass is 281 g/mol. The molecule has 0 spiro atoms. The van der Waals surface area contributed by atoms with Gasteiger partial charge < -0.3 is 19.7 Å². The second-order valence-electron chi connectivity index (χ2n) is 4.75. The number of benzene rings is 1. The fourth-order valence-electron chi connectivity index (χ4n) is 2.22. The number of morpholine rings is 1. The van der Waals surface area contributed by atoms with E-state index < -0.39 is 18.2 Å². The third kappa shape index (κ3) is 3.69. The van der Waals surface area contributed by atoms with Gasteiger partial charge in [0.1, 0.15) is 5.75 Å². The predicted octanol–water partition coefficient (Wildman–Crippen LogP) is 0.514. The number of hydrogen-bond donors (Lipinski definition) is 2. The van der Waals surface area contributed by atoms with Crippen molar-refractivity contribution in [3.05, 3.63) is 29.8 Å².